The van der Waals surface area contributed by atoms with Gasteiger partial charge in [-0.3, -0.25) is 4.79 Å². The van der Waals surface area contributed by atoms with Crippen molar-refractivity contribution in [3.63, 3.8) is 0 Å². The van der Waals surface area contributed by atoms with Crippen molar-refractivity contribution in [2.75, 3.05) is 13.2 Å². The smallest absolute Gasteiger partial charge is 0.254 e. The first-order valence-electron chi connectivity index (χ1n) is 5.81. The van der Waals surface area contributed by atoms with E-state index in [0.717, 1.165) is 35.0 Å². The van der Waals surface area contributed by atoms with Gasteiger partial charge in [0, 0.05) is 16.6 Å². The maximum atomic E-state index is 12.3. The number of amides is 1. The highest BCUT2D eigenvalue weighted by Gasteiger charge is 2.29. The van der Waals surface area contributed by atoms with Gasteiger partial charge in [0.05, 0.1) is 12.6 Å². The second-order valence-corrected chi connectivity index (χ2v) is 5.35. The van der Waals surface area contributed by atoms with E-state index in [1.54, 1.807) is 4.90 Å². The van der Waals surface area contributed by atoms with Crippen LogP contribution in [0.15, 0.2) is 22.7 Å². The molecule has 0 saturated carbocycles. The molecule has 0 aliphatic carbocycles. The third-order valence-electron chi connectivity index (χ3n) is 3.27. The molecule has 1 saturated heterocycles. The molecule has 3 nitrogen and oxygen atoms in total. The largest absolute Gasteiger partial charge is 0.394 e. The predicted octanol–water partition coefficient (Wildman–Crippen LogP) is 2.35. The summed E-state index contributed by atoms with van der Waals surface area (Å²) in [5, 5.41) is 9.24. The molecule has 0 radical (unpaired) electrons. The van der Waals surface area contributed by atoms with Crippen molar-refractivity contribution in [2.45, 2.75) is 25.8 Å². The highest BCUT2D eigenvalue weighted by Crippen LogP contribution is 2.22. The summed E-state index contributed by atoms with van der Waals surface area (Å²) in [5.41, 5.74) is 1.70. The van der Waals surface area contributed by atoms with Gasteiger partial charge < -0.3 is 10.0 Å². The molecule has 1 aliphatic rings. The maximum Gasteiger partial charge on any atom is 0.254 e. The number of hydrogen-bond acceptors (Lipinski definition) is 2. The molecular weight excluding hydrogens is 282 g/mol. The van der Waals surface area contributed by atoms with Crippen molar-refractivity contribution in [3.05, 3.63) is 33.8 Å². The number of likely N-dealkylation sites (tertiary alicyclic amines) is 1. The molecule has 0 aromatic heterocycles. The van der Waals surface area contributed by atoms with E-state index in [4.69, 9.17) is 0 Å². The number of benzene rings is 1. The standard InChI is InChI=1S/C13H16BrNO2/c1-9-7-10(14)4-5-12(9)13(17)15-6-2-3-11(15)8-16/h4-5,7,11,16H,2-3,6,8H2,1H3. The molecule has 1 N–H and O–H groups in total. The van der Waals surface area contributed by atoms with Gasteiger partial charge in [0.25, 0.3) is 5.91 Å². The summed E-state index contributed by atoms with van der Waals surface area (Å²) < 4.78 is 0.978. The minimum atomic E-state index is -0.00875. The zero-order chi connectivity index (χ0) is 12.4. The van der Waals surface area contributed by atoms with E-state index in [1.165, 1.54) is 0 Å². The summed E-state index contributed by atoms with van der Waals surface area (Å²) in [4.78, 5) is 14.1. The van der Waals surface area contributed by atoms with E-state index in [0.29, 0.717) is 0 Å². The average molecular weight is 298 g/mol. The van der Waals surface area contributed by atoms with Crippen LogP contribution in [0, 0.1) is 6.92 Å². The lowest BCUT2D eigenvalue weighted by atomic mass is 10.1. The zero-order valence-electron chi connectivity index (χ0n) is 9.82. The molecule has 2 rings (SSSR count). The van der Waals surface area contributed by atoms with Crippen LogP contribution in [0.1, 0.15) is 28.8 Å². The van der Waals surface area contributed by atoms with Crippen LogP contribution in [0.25, 0.3) is 0 Å². The van der Waals surface area contributed by atoms with Gasteiger partial charge in [0.2, 0.25) is 0 Å². The Hall–Kier alpha value is -0.870. The van der Waals surface area contributed by atoms with E-state index >= 15 is 0 Å². The zero-order valence-corrected chi connectivity index (χ0v) is 11.4. The molecule has 1 aliphatic heterocycles. The minimum absolute atomic E-state index is 0.00875. The average Bonchev–Trinajstić information content (AvgIpc) is 2.76. The Morgan fingerprint density at radius 2 is 2.35 bits per heavy atom. The van der Waals surface area contributed by atoms with E-state index in [2.05, 4.69) is 15.9 Å². The SMILES string of the molecule is Cc1cc(Br)ccc1C(=O)N1CCCC1CO. The predicted molar refractivity (Wildman–Crippen MR) is 70.0 cm³/mol. The highest BCUT2D eigenvalue weighted by molar-refractivity contribution is 9.10. The van der Waals surface area contributed by atoms with Crippen molar-refractivity contribution in [1.82, 2.24) is 4.90 Å². The highest BCUT2D eigenvalue weighted by atomic mass is 79.9. The first-order chi connectivity index (χ1) is 8.13. The molecule has 92 valence electrons. The molecular formula is C13H16BrNO2. The van der Waals surface area contributed by atoms with Gasteiger partial charge in [-0.05, 0) is 43.5 Å². The van der Waals surface area contributed by atoms with Crippen LogP contribution in [0.5, 0.6) is 0 Å². The van der Waals surface area contributed by atoms with Gasteiger partial charge in [-0.1, -0.05) is 15.9 Å². The molecule has 0 bridgehead atoms. The first-order valence-corrected chi connectivity index (χ1v) is 6.60. The number of rotatable bonds is 2. The Labute approximate surface area is 110 Å². The van der Waals surface area contributed by atoms with Gasteiger partial charge in [0.1, 0.15) is 0 Å². The summed E-state index contributed by atoms with van der Waals surface area (Å²) in [6.45, 7) is 2.74. The lowest BCUT2D eigenvalue weighted by molar-refractivity contribution is 0.0677. The van der Waals surface area contributed by atoms with Crippen LogP contribution < -0.4 is 0 Å². The minimum Gasteiger partial charge on any atom is -0.394 e. The van der Waals surface area contributed by atoms with Crippen molar-refractivity contribution in [1.29, 1.82) is 0 Å². The molecule has 1 aromatic carbocycles. The van der Waals surface area contributed by atoms with Gasteiger partial charge in [-0.15, -0.1) is 0 Å². The molecule has 1 aromatic rings. The number of halogens is 1. The van der Waals surface area contributed by atoms with Gasteiger partial charge in [0.15, 0.2) is 0 Å². The normalized spacial score (nSPS) is 19.7. The van der Waals surface area contributed by atoms with E-state index in [1.807, 2.05) is 25.1 Å². The Kier molecular flexibility index (Phi) is 3.84. The Balaban J connectivity index is 2.24. The number of aliphatic hydroxyl groups is 1. The van der Waals surface area contributed by atoms with E-state index < -0.39 is 0 Å². The second-order valence-electron chi connectivity index (χ2n) is 4.44. The van der Waals surface area contributed by atoms with Crippen LogP contribution in [0.3, 0.4) is 0 Å². The molecule has 1 unspecified atom stereocenters. The molecule has 4 heteroatoms. The number of aliphatic hydroxyl groups excluding tert-OH is 1. The van der Waals surface area contributed by atoms with Crippen molar-refractivity contribution in [3.8, 4) is 0 Å². The summed E-state index contributed by atoms with van der Waals surface area (Å²) in [6, 6.07) is 5.65. The number of aryl methyl sites for hydroxylation is 1. The quantitative estimate of drug-likeness (QED) is 0.910. The topological polar surface area (TPSA) is 40.5 Å². The summed E-state index contributed by atoms with van der Waals surface area (Å²) in [7, 11) is 0. The van der Waals surface area contributed by atoms with Crippen molar-refractivity contribution < 1.29 is 9.90 Å². The Bertz CT molecular complexity index is 433. The summed E-state index contributed by atoms with van der Waals surface area (Å²) in [5.74, 6) is 0.0338. The second kappa shape index (κ2) is 5.19. The first kappa shape index (κ1) is 12.6. The lowest BCUT2D eigenvalue weighted by Crippen LogP contribution is -2.37. The monoisotopic (exact) mass is 297 g/mol. The van der Waals surface area contributed by atoms with E-state index in [-0.39, 0.29) is 18.6 Å². The van der Waals surface area contributed by atoms with Crippen LogP contribution in [-0.2, 0) is 0 Å². The lowest BCUT2D eigenvalue weighted by Gasteiger charge is -2.23. The third kappa shape index (κ3) is 2.53. The third-order valence-corrected chi connectivity index (χ3v) is 3.76. The molecule has 17 heavy (non-hydrogen) atoms. The summed E-state index contributed by atoms with van der Waals surface area (Å²) >= 11 is 3.39. The fourth-order valence-corrected chi connectivity index (χ4v) is 2.79. The summed E-state index contributed by atoms with van der Waals surface area (Å²) in [6.07, 6.45) is 1.88. The maximum absolute atomic E-state index is 12.3. The van der Waals surface area contributed by atoms with Crippen LogP contribution >= 0.6 is 15.9 Å². The van der Waals surface area contributed by atoms with E-state index in [9.17, 15) is 9.90 Å². The number of carbonyl (C=O) groups is 1. The number of carbonyl (C=O) groups excluding carboxylic acids is 1. The molecule has 1 atom stereocenters. The van der Waals surface area contributed by atoms with Gasteiger partial charge >= 0.3 is 0 Å². The fraction of sp³-hybridized carbons (Fsp3) is 0.462. The molecule has 1 amide bonds. The number of nitrogens with zero attached hydrogens (tertiary/aromatic N) is 1. The van der Waals surface area contributed by atoms with Crippen LogP contribution in [-0.4, -0.2) is 35.1 Å². The number of hydrogen-bond donors (Lipinski definition) is 1. The molecule has 1 heterocycles. The fourth-order valence-electron chi connectivity index (χ4n) is 2.31. The molecule has 0 spiro atoms. The van der Waals surface area contributed by atoms with Gasteiger partial charge in [-0.2, -0.15) is 0 Å². The Morgan fingerprint density at radius 1 is 1.59 bits per heavy atom. The van der Waals surface area contributed by atoms with Crippen LogP contribution in [0.2, 0.25) is 0 Å². The Morgan fingerprint density at radius 3 is 3.00 bits per heavy atom. The van der Waals surface area contributed by atoms with Crippen molar-refractivity contribution >= 4 is 21.8 Å². The van der Waals surface area contributed by atoms with Gasteiger partial charge in [-0.25, -0.2) is 0 Å². The van der Waals surface area contributed by atoms with Crippen molar-refractivity contribution in [2.24, 2.45) is 0 Å². The molecule has 1 fully saturated rings. The van der Waals surface area contributed by atoms with Crippen LogP contribution in [0.4, 0.5) is 0 Å².